The van der Waals surface area contributed by atoms with Crippen molar-refractivity contribution in [3.8, 4) is 34.0 Å². The molecule has 0 saturated carbocycles. The fourth-order valence-electron chi connectivity index (χ4n) is 4.18. The van der Waals surface area contributed by atoms with Gasteiger partial charge in [-0.3, -0.25) is 9.69 Å². The van der Waals surface area contributed by atoms with Crippen LogP contribution in [0.5, 0.6) is 0 Å². The van der Waals surface area contributed by atoms with Crippen molar-refractivity contribution in [3.05, 3.63) is 83.2 Å². The van der Waals surface area contributed by atoms with Crippen molar-refractivity contribution in [1.82, 2.24) is 15.0 Å². The first-order valence-corrected chi connectivity index (χ1v) is 12.0. The van der Waals surface area contributed by atoms with E-state index >= 15 is 0 Å². The van der Waals surface area contributed by atoms with Crippen molar-refractivity contribution in [2.24, 2.45) is 0 Å². The van der Waals surface area contributed by atoms with Crippen LogP contribution < -0.4 is 0 Å². The van der Waals surface area contributed by atoms with E-state index in [-0.39, 0.29) is 60.0 Å². The maximum absolute atomic E-state index is 14.8. The summed E-state index contributed by atoms with van der Waals surface area (Å²) in [6.45, 7) is 1.01. The number of nitrogens with zero attached hydrogens (tertiary/aromatic N) is 3. The van der Waals surface area contributed by atoms with Gasteiger partial charge in [-0.1, -0.05) is 47.6 Å². The molecule has 1 N–H and O–H groups in total. The fraction of sp³-hybridized carbons (Fsp3) is 0.250. The number of carboxylic acids is 1. The number of aliphatic carboxylic acids is 1. The van der Waals surface area contributed by atoms with Crippen LogP contribution in [-0.2, 0) is 17.5 Å². The molecule has 1 heterocycles. The normalized spacial score (nSPS) is 11.8. The minimum absolute atomic E-state index is 0.00569. The molecule has 6 nitrogen and oxygen atoms in total. The zero-order chi connectivity index (χ0) is 28.2. The van der Waals surface area contributed by atoms with Gasteiger partial charge in [0.25, 0.3) is 5.89 Å². The fourth-order valence-corrected chi connectivity index (χ4v) is 4.18. The van der Waals surface area contributed by atoms with Crippen LogP contribution in [0.25, 0.3) is 34.0 Å². The summed E-state index contributed by atoms with van der Waals surface area (Å²) < 4.78 is 74.8. The summed E-state index contributed by atoms with van der Waals surface area (Å²) in [6, 6.07) is 14.6. The quantitative estimate of drug-likeness (QED) is 0.221. The van der Waals surface area contributed by atoms with Crippen molar-refractivity contribution < 1.29 is 36.4 Å². The molecule has 0 unspecified atom stereocenters. The van der Waals surface area contributed by atoms with Gasteiger partial charge in [-0.15, -0.1) is 0 Å². The molecule has 0 aliphatic heterocycles. The van der Waals surface area contributed by atoms with Crippen LogP contribution >= 0.6 is 0 Å². The molecule has 1 aromatic heterocycles. The molecular formula is C28H24F5N3O3. The van der Waals surface area contributed by atoms with Crippen molar-refractivity contribution >= 4 is 5.97 Å². The molecule has 0 atom stereocenters. The van der Waals surface area contributed by atoms with Gasteiger partial charge in [0.05, 0.1) is 12.0 Å². The van der Waals surface area contributed by atoms with Gasteiger partial charge in [-0.05, 0) is 41.8 Å². The lowest BCUT2D eigenvalue weighted by Crippen LogP contribution is -2.28. The molecule has 0 fully saturated rings. The Morgan fingerprint density at radius 3 is 2.41 bits per heavy atom. The van der Waals surface area contributed by atoms with E-state index in [1.54, 1.807) is 31.2 Å². The summed E-state index contributed by atoms with van der Waals surface area (Å²) in [5, 5.41) is 12.7. The first-order chi connectivity index (χ1) is 18.6. The molecule has 0 amide bonds. The van der Waals surface area contributed by atoms with Crippen LogP contribution in [0.2, 0.25) is 0 Å². The van der Waals surface area contributed by atoms with Crippen molar-refractivity contribution in [2.45, 2.75) is 26.1 Å². The topological polar surface area (TPSA) is 79.5 Å². The van der Waals surface area contributed by atoms with E-state index in [1.807, 2.05) is 0 Å². The number of aryl methyl sites for hydroxylation is 1. The number of hydrogen-bond donors (Lipinski definition) is 1. The molecular weight excluding hydrogens is 521 g/mol. The summed E-state index contributed by atoms with van der Waals surface area (Å²) in [5.74, 6) is -1.90. The largest absolute Gasteiger partial charge is 0.481 e. The van der Waals surface area contributed by atoms with Gasteiger partial charge in [-0.2, -0.15) is 18.2 Å². The maximum Gasteiger partial charge on any atom is 0.417 e. The average molecular weight is 546 g/mol. The molecule has 204 valence electrons. The lowest BCUT2D eigenvalue weighted by molar-refractivity contribution is -0.138. The number of rotatable bonds is 10. The number of halogens is 5. The molecule has 0 saturated heterocycles. The van der Waals surface area contributed by atoms with Crippen LogP contribution in [-0.4, -0.2) is 45.9 Å². The lowest BCUT2D eigenvalue weighted by Gasteiger charge is -2.20. The first kappa shape index (κ1) is 27.9. The third-order valence-electron chi connectivity index (χ3n) is 6.18. The summed E-state index contributed by atoms with van der Waals surface area (Å²) in [4.78, 5) is 16.5. The zero-order valence-electron chi connectivity index (χ0n) is 20.8. The number of benzene rings is 3. The predicted molar refractivity (Wildman–Crippen MR) is 134 cm³/mol. The Morgan fingerprint density at radius 1 is 1.00 bits per heavy atom. The Kier molecular flexibility index (Phi) is 8.39. The molecule has 4 rings (SSSR count). The molecule has 0 bridgehead atoms. The van der Waals surface area contributed by atoms with Crippen molar-refractivity contribution in [3.63, 3.8) is 0 Å². The third kappa shape index (κ3) is 6.66. The Balaban J connectivity index is 1.60. The van der Waals surface area contributed by atoms with Crippen LogP contribution in [0.3, 0.4) is 0 Å². The van der Waals surface area contributed by atoms with Gasteiger partial charge >= 0.3 is 12.1 Å². The number of carboxylic acid groups (broad SMARTS) is 1. The summed E-state index contributed by atoms with van der Waals surface area (Å²) in [7, 11) is 0. The van der Waals surface area contributed by atoms with E-state index < -0.39 is 30.2 Å². The van der Waals surface area contributed by atoms with Gasteiger partial charge in [0.1, 0.15) is 12.5 Å². The SMILES string of the molecule is Cc1ccccc1-c1ccc(-c2nc(-c3ccc(CN(CCF)CCC(=O)O)c(F)c3)no2)cc1C(F)(F)F. The molecule has 11 heteroatoms. The average Bonchev–Trinajstić information content (AvgIpc) is 3.38. The highest BCUT2D eigenvalue weighted by molar-refractivity contribution is 5.74. The summed E-state index contributed by atoms with van der Waals surface area (Å²) >= 11 is 0. The van der Waals surface area contributed by atoms with Gasteiger partial charge in [0.2, 0.25) is 5.82 Å². The first-order valence-electron chi connectivity index (χ1n) is 12.0. The van der Waals surface area contributed by atoms with Crippen LogP contribution in [0, 0.1) is 12.7 Å². The second kappa shape index (κ2) is 11.7. The van der Waals surface area contributed by atoms with E-state index in [2.05, 4.69) is 10.1 Å². The number of alkyl halides is 4. The Bertz CT molecular complexity index is 1470. The molecule has 4 aromatic rings. The molecule has 3 aromatic carbocycles. The highest BCUT2D eigenvalue weighted by Gasteiger charge is 2.34. The second-order valence-corrected chi connectivity index (χ2v) is 8.91. The van der Waals surface area contributed by atoms with Gasteiger partial charge < -0.3 is 9.63 Å². The standard InChI is InChI=1S/C28H24F5N3O3/c1-17-4-2-3-5-21(17)22-9-8-19(14-23(22)28(31,32)33)27-34-26(35-39-27)18-6-7-20(24(30)15-18)16-36(13-11-29)12-10-25(37)38/h2-9,14-15H,10-13,16H2,1H3,(H,37,38). The van der Waals surface area contributed by atoms with Gasteiger partial charge in [0.15, 0.2) is 0 Å². The minimum Gasteiger partial charge on any atom is -0.481 e. The zero-order valence-corrected chi connectivity index (χ0v) is 20.8. The smallest absolute Gasteiger partial charge is 0.417 e. The van der Waals surface area contributed by atoms with Crippen LogP contribution in [0.15, 0.2) is 65.2 Å². The minimum atomic E-state index is -4.64. The Morgan fingerprint density at radius 2 is 1.74 bits per heavy atom. The van der Waals surface area contributed by atoms with E-state index in [4.69, 9.17) is 9.63 Å². The number of carbonyl (C=O) groups is 1. The maximum atomic E-state index is 14.8. The van der Waals surface area contributed by atoms with Gasteiger partial charge in [-0.25, -0.2) is 8.78 Å². The molecule has 0 spiro atoms. The second-order valence-electron chi connectivity index (χ2n) is 8.91. The van der Waals surface area contributed by atoms with Crippen molar-refractivity contribution in [1.29, 1.82) is 0 Å². The highest BCUT2D eigenvalue weighted by Crippen LogP contribution is 2.40. The van der Waals surface area contributed by atoms with Gasteiger partial charge in [0, 0.05) is 36.3 Å². The van der Waals surface area contributed by atoms with E-state index in [9.17, 15) is 26.7 Å². The number of hydrogen-bond acceptors (Lipinski definition) is 5. The molecule has 0 aliphatic carbocycles. The molecule has 0 aliphatic rings. The number of aromatic nitrogens is 2. The monoisotopic (exact) mass is 545 g/mol. The summed E-state index contributed by atoms with van der Waals surface area (Å²) in [6.07, 6.45) is -4.86. The molecule has 39 heavy (non-hydrogen) atoms. The summed E-state index contributed by atoms with van der Waals surface area (Å²) in [5.41, 5.74) is 0.791. The van der Waals surface area contributed by atoms with Crippen LogP contribution in [0.4, 0.5) is 22.0 Å². The molecule has 0 radical (unpaired) electrons. The highest BCUT2D eigenvalue weighted by atomic mass is 19.4. The van der Waals surface area contributed by atoms with E-state index in [0.29, 0.717) is 11.1 Å². The Hall–Kier alpha value is -4.12. The van der Waals surface area contributed by atoms with Crippen molar-refractivity contribution in [2.75, 3.05) is 19.8 Å². The lowest BCUT2D eigenvalue weighted by atomic mass is 9.94. The third-order valence-corrected chi connectivity index (χ3v) is 6.18. The van der Waals surface area contributed by atoms with E-state index in [0.717, 1.165) is 12.1 Å². The Labute approximate surface area is 220 Å². The van der Waals surface area contributed by atoms with E-state index in [1.165, 1.54) is 29.2 Å². The van der Waals surface area contributed by atoms with Crippen LogP contribution in [0.1, 0.15) is 23.1 Å². The predicted octanol–water partition coefficient (Wildman–Crippen LogP) is 6.78.